The number of carbonyl (C=O) groups is 1. The van der Waals surface area contributed by atoms with Gasteiger partial charge in [0.25, 0.3) is 5.56 Å². The molecule has 9 nitrogen and oxygen atoms in total. The highest BCUT2D eigenvalue weighted by Crippen LogP contribution is 2.27. The summed E-state index contributed by atoms with van der Waals surface area (Å²) in [6.45, 7) is 1.75. The number of hydrogen-bond acceptors (Lipinski definition) is 8. The van der Waals surface area contributed by atoms with Crippen LogP contribution in [0.3, 0.4) is 0 Å². The van der Waals surface area contributed by atoms with Gasteiger partial charge in [-0.3, -0.25) is 15.1 Å². The second-order valence-corrected chi connectivity index (χ2v) is 6.59. The number of alkyl halides is 3. The molecule has 32 heavy (non-hydrogen) atoms. The van der Waals surface area contributed by atoms with E-state index in [1.807, 2.05) is 0 Å². The number of nitrogens with one attached hydrogen (secondary N) is 2. The zero-order valence-electron chi connectivity index (χ0n) is 16.6. The predicted molar refractivity (Wildman–Crippen MR) is 108 cm³/mol. The molecule has 0 fully saturated rings. The Bertz CT molecular complexity index is 1420. The third-order valence-corrected chi connectivity index (χ3v) is 4.46. The molecule has 0 radical (unpaired) electrons. The van der Waals surface area contributed by atoms with Crippen molar-refractivity contribution in [2.24, 2.45) is 0 Å². The standard InChI is InChI=1S/C20H14F3N5O4/c1-9-12-8-10(31-2)6-7-13(12)25-18(24-9)28-19-26-15-11(16(29)27-19)4-3-5-14(15)32-17(30)20(21,22)23/h3-8H,1-2H3,(H2,24,25,26,27,28,29). The van der Waals surface area contributed by atoms with Crippen molar-refractivity contribution < 1.29 is 27.4 Å². The molecule has 164 valence electrons. The minimum Gasteiger partial charge on any atom is -0.497 e. The average molecular weight is 445 g/mol. The SMILES string of the molecule is COc1ccc2nc(Nc3nc4c(OC(=O)C(F)(F)F)cccc4c(=O)[nH]3)nc(C)c2c1. The molecule has 0 aliphatic heterocycles. The fourth-order valence-corrected chi connectivity index (χ4v) is 2.98. The number of methoxy groups -OCH3 is 1. The Hall–Kier alpha value is -4.22. The Kier molecular flexibility index (Phi) is 5.12. The molecule has 2 aromatic carbocycles. The lowest BCUT2D eigenvalue weighted by molar-refractivity contribution is -0.189. The summed E-state index contributed by atoms with van der Waals surface area (Å²) < 4.78 is 47.4. The maximum absolute atomic E-state index is 12.6. The molecule has 12 heteroatoms. The molecule has 0 saturated heterocycles. The summed E-state index contributed by atoms with van der Waals surface area (Å²) in [5, 5.41) is 3.41. The smallest absolute Gasteiger partial charge is 0.491 e. The number of carbonyl (C=O) groups excluding carboxylic acids is 1. The molecule has 0 saturated carbocycles. The van der Waals surface area contributed by atoms with Crippen LogP contribution in [0, 0.1) is 6.92 Å². The molecule has 0 amide bonds. The number of nitrogens with zero attached hydrogens (tertiary/aromatic N) is 3. The average Bonchev–Trinajstić information content (AvgIpc) is 2.73. The van der Waals surface area contributed by atoms with E-state index in [0.29, 0.717) is 17.0 Å². The first-order valence-corrected chi connectivity index (χ1v) is 9.07. The summed E-state index contributed by atoms with van der Waals surface area (Å²) in [6, 6.07) is 8.92. The molecular formula is C20H14F3N5O4. The maximum atomic E-state index is 12.6. The lowest BCUT2D eigenvalue weighted by Gasteiger charge is -2.11. The lowest BCUT2D eigenvalue weighted by Crippen LogP contribution is -2.28. The quantitative estimate of drug-likeness (QED) is 0.362. The number of ether oxygens (including phenoxy) is 2. The molecule has 0 aliphatic rings. The van der Waals surface area contributed by atoms with Crippen LogP contribution in [0.4, 0.5) is 25.1 Å². The highest BCUT2D eigenvalue weighted by Gasteiger charge is 2.41. The van der Waals surface area contributed by atoms with Crippen molar-refractivity contribution in [2.45, 2.75) is 13.1 Å². The van der Waals surface area contributed by atoms with E-state index in [-0.39, 0.29) is 22.8 Å². The first-order valence-electron chi connectivity index (χ1n) is 9.07. The fourth-order valence-electron chi connectivity index (χ4n) is 2.98. The molecule has 0 aliphatic carbocycles. The van der Waals surface area contributed by atoms with E-state index in [0.717, 1.165) is 11.5 Å². The summed E-state index contributed by atoms with van der Waals surface area (Å²) >= 11 is 0. The van der Waals surface area contributed by atoms with Gasteiger partial charge in [0.2, 0.25) is 11.9 Å². The second kappa shape index (κ2) is 7.80. The number of anilines is 2. The van der Waals surface area contributed by atoms with Crippen molar-refractivity contribution in [3.63, 3.8) is 0 Å². The van der Waals surface area contributed by atoms with Crippen molar-refractivity contribution in [1.82, 2.24) is 19.9 Å². The minimum atomic E-state index is -5.20. The summed E-state index contributed by atoms with van der Waals surface area (Å²) in [5.41, 5.74) is 0.298. The van der Waals surface area contributed by atoms with Crippen LogP contribution >= 0.6 is 0 Å². The number of halogens is 3. The summed E-state index contributed by atoms with van der Waals surface area (Å²) in [4.78, 5) is 38.9. The first-order chi connectivity index (χ1) is 15.2. The number of esters is 1. The highest BCUT2D eigenvalue weighted by molar-refractivity contribution is 5.88. The van der Waals surface area contributed by atoms with Gasteiger partial charge in [-0.25, -0.2) is 19.7 Å². The molecule has 0 spiro atoms. The van der Waals surface area contributed by atoms with Crippen molar-refractivity contribution in [2.75, 3.05) is 12.4 Å². The second-order valence-electron chi connectivity index (χ2n) is 6.59. The van der Waals surface area contributed by atoms with Crippen molar-refractivity contribution in [3.05, 3.63) is 52.4 Å². The Morgan fingerprint density at radius 2 is 1.88 bits per heavy atom. The number of rotatable bonds is 4. The van der Waals surface area contributed by atoms with Gasteiger partial charge in [-0.05, 0) is 37.3 Å². The van der Waals surface area contributed by atoms with Gasteiger partial charge in [-0.2, -0.15) is 13.2 Å². The van der Waals surface area contributed by atoms with Crippen molar-refractivity contribution >= 4 is 39.7 Å². The Balaban J connectivity index is 1.74. The normalized spacial score (nSPS) is 11.5. The van der Waals surface area contributed by atoms with Gasteiger partial charge in [0.1, 0.15) is 11.3 Å². The highest BCUT2D eigenvalue weighted by atomic mass is 19.4. The summed E-state index contributed by atoms with van der Waals surface area (Å²) in [7, 11) is 1.54. The maximum Gasteiger partial charge on any atom is 0.491 e. The Morgan fingerprint density at radius 1 is 1.09 bits per heavy atom. The van der Waals surface area contributed by atoms with E-state index in [1.54, 1.807) is 25.1 Å². The van der Waals surface area contributed by atoms with Crippen molar-refractivity contribution in [1.29, 1.82) is 0 Å². The van der Waals surface area contributed by atoms with Crippen LogP contribution < -0.4 is 20.3 Å². The number of H-pyrrole nitrogens is 1. The van der Waals surface area contributed by atoms with Gasteiger partial charge in [0, 0.05) is 5.39 Å². The zero-order valence-corrected chi connectivity index (χ0v) is 16.6. The van der Waals surface area contributed by atoms with Gasteiger partial charge in [0.15, 0.2) is 5.75 Å². The van der Waals surface area contributed by atoms with E-state index in [2.05, 4.69) is 30.0 Å². The molecule has 2 heterocycles. The minimum absolute atomic E-state index is 0.0641. The zero-order chi connectivity index (χ0) is 23.0. The first kappa shape index (κ1) is 21.0. The third-order valence-electron chi connectivity index (χ3n) is 4.46. The molecule has 0 unspecified atom stereocenters. The number of fused-ring (bicyclic) bond motifs is 2. The fraction of sp³-hybridized carbons (Fsp3) is 0.150. The van der Waals surface area contributed by atoms with E-state index in [1.165, 1.54) is 19.2 Å². The molecule has 2 N–H and O–H groups in total. The van der Waals surface area contributed by atoms with E-state index < -0.39 is 23.5 Å². The third kappa shape index (κ3) is 4.02. The van der Waals surface area contributed by atoms with Crippen LogP contribution in [0.15, 0.2) is 41.2 Å². The van der Waals surface area contributed by atoms with Gasteiger partial charge >= 0.3 is 12.1 Å². The van der Waals surface area contributed by atoms with Gasteiger partial charge in [-0.1, -0.05) is 6.07 Å². The number of para-hydroxylation sites is 1. The van der Waals surface area contributed by atoms with Crippen molar-refractivity contribution in [3.8, 4) is 11.5 Å². The molecule has 4 rings (SSSR count). The topological polar surface area (TPSA) is 119 Å². The number of aromatic nitrogens is 4. The van der Waals surface area contributed by atoms with E-state index in [9.17, 15) is 22.8 Å². The number of hydrogen-bond donors (Lipinski definition) is 2. The van der Waals surface area contributed by atoms with Gasteiger partial charge in [0.05, 0.1) is 23.7 Å². The van der Waals surface area contributed by atoms with Crippen LogP contribution in [-0.2, 0) is 4.79 Å². The molecule has 0 atom stereocenters. The molecule has 0 bridgehead atoms. The van der Waals surface area contributed by atoms with Crippen LogP contribution in [0.5, 0.6) is 11.5 Å². The Labute approximate surface area is 177 Å². The van der Waals surface area contributed by atoms with Crippen LogP contribution in [0.2, 0.25) is 0 Å². The van der Waals surface area contributed by atoms with Gasteiger partial charge in [-0.15, -0.1) is 0 Å². The molecule has 4 aromatic rings. The Morgan fingerprint density at radius 3 is 2.59 bits per heavy atom. The van der Waals surface area contributed by atoms with Crippen LogP contribution in [0.25, 0.3) is 21.8 Å². The summed E-state index contributed by atoms with van der Waals surface area (Å²) in [6.07, 6.45) is -5.20. The number of benzene rings is 2. The number of aryl methyl sites for hydroxylation is 1. The van der Waals surface area contributed by atoms with Crippen LogP contribution in [-0.4, -0.2) is 39.2 Å². The largest absolute Gasteiger partial charge is 0.497 e. The lowest BCUT2D eigenvalue weighted by atomic mass is 10.2. The van der Waals surface area contributed by atoms with E-state index >= 15 is 0 Å². The summed E-state index contributed by atoms with van der Waals surface area (Å²) in [5.74, 6) is -2.36. The molecular weight excluding hydrogens is 431 g/mol. The number of aromatic amines is 1. The monoisotopic (exact) mass is 445 g/mol. The molecule has 2 aromatic heterocycles. The van der Waals surface area contributed by atoms with Gasteiger partial charge < -0.3 is 9.47 Å². The van der Waals surface area contributed by atoms with Crippen LogP contribution in [0.1, 0.15) is 5.69 Å². The predicted octanol–water partition coefficient (Wildman–Crippen LogP) is 3.39. The van der Waals surface area contributed by atoms with E-state index in [4.69, 9.17) is 4.74 Å².